The second kappa shape index (κ2) is 4.21. The van der Waals surface area contributed by atoms with Gasteiger partial charge in [-0.15, -0.1) is 0 Å². The van der Waals surface area contributed by atoms with Gasteiger partial charge in [-0.2, -0.15) is 0 Å². The number of nitrogens with zero attached hydrogens (tertiary/aromatic N) is 1. The zero-order chi connectivity index (χ0) is 8.97. The lowest BCUT2D eigenvalue weighted by Gasteiger charge is -2.11. The number of aliphatic hydroxyl groups excluding tert-OH is 1. The van der Waals surface area contributed by atoms with Gasteiger partial charge in [-0.25, -0.2) is 0 Å². The Morgan fingerprint density at radius 2 is 2.17 bits per heavy atom. The first kappa shape index (κ1) is 9.20. The third-order valence-electron chi connectivity index (χ3n) is 1.72. The molecule has 0 aliphatic rings. The molecule has 0 aromatic carbocycles. The standard InChI is InChI=1S/C10H15NO/c1-8(2)7-10(12)9-5-3-4-6-11-9/h3-6,8,10,12H,7H2,1-2H3/t10-/m0/s1. The van der Waals surface area contributed by atoms with E-state index in [0.717, 1.165) is 12.1 Å². The highest BCUT2D eigenvalue weighted by Gasteiger charge is 2.09. The molecule has 0 saturated carbocycles. The molecule has 0 saturated heterocycles. The van der Waals surface area contributed by atoms with Gasteiger partial charge in [0.25, 0.3) is 0 Å². The summed E-state index contributed by atoms with van der Waals surface area (Å²) >= 11 is 0. The van der Waals surface area contributed by atoms with Crippen LogP contribution >= 0.6 is 0 Å². The minimum absolute atomic E-state index is 0.411. The van der Waals surface area contributed by atoms with Gasteiger partial charge in [0.2, 0.25) is 0 Å². The summed E-state index contributed by atoms with van der Waals surface area (Å²) in [4.78, 5) is 4.08. The van der Waals surface area contributed by atoms with E-state index < -0.39 is 6.10 Å². The number of aliphatic hydroxyl groups is 1. The van der Waals surface area contributed by atoms with Gasteiger partial charge in [0, 0.05) is 6.20 Å². The van der Waals surface area contributed by atoms with Gasteiger partial charge in [-0.1, -0.05) is 19.9 Å². The molecular formula is C10H15NO. The molecule has 2 heteroatoms. The Morgan fingerprint density at radius 3 is 2.67 bits per heavy atom. The SMILES string of the molecule is CC(C)C[C@H](O)c1ccccn1. The molecule has 1 heterocycles. The molecule has 0 aliphatic heterocycles. The van der Waals surface area contributed by atoms with Crippen LogP contribution in [0.3, 0.4) is 0 Å². The quantitative estimate of drug-likeness (QED) is 0.744. The van der Waals surface area contributed by atoms with E-state index in [0.29, 0.717) is 5.92 Å². The Balaban J connectivity index is 2.59. The van der Waals surface area contributed by atoms with Gasteiger partial charge >= 0.3 is 0 Å². The summed E-state index contributed by atoms with van der Waals surface area (Å²) in [6, 6.07) is 5.60. The Morgan fingerprint density at radius 1 is 1.42 bits per heavy atom. The molecule has 2 nitrogen and oxygen atoms in total. The highest BCUT2D eigenvalue weighted by atomic mass is 16.3. The minimum Gasteiger partial charge on any atom is -0.387 e. The van der Waals surface area contributed by atoms with Crippen LogP contribution in [0.15, 0.2) is 24.4 Å². The third-order valence-corrected chi connectivity index (χ3v) is 1.72. The summed E-state index contributed by atoms with van der Waals surface area (Å²) < 4.78 is 0. The van der Waals surface area contributed by atoms with E-state index in [1.54, 1.807) is 6.20 Å². The topological polar surface area (TPSA) is 33.1 Å². The molecule has 0 radical (unpaired) electrons. The number of hydrogen-bond donors (Lipinski definition) is 1. The molecule has 0 bridgehead atoms. The summed E-state index contributed by atoms with van der Waals surface area (Å²) in [6.07, 6.45) is 2.07. The van der Waals surface area contributed by atoms with E-state index >= 15 is 0 Å². The van der Waals surface area contributed by atoms with E-state index in [4.69, 9.17) is 0 Å². The van der Waals surface area contributed by atoms with Crippen LogP contribution in [0.5, 0.6) is 0 Å². The van der Waals surface area contributed by atoms with E-state index in [-0.39, 0.29) is 0 Å². The first-order valence-corrected chi connectivity index (χ1v) is 4.29. The molecule has 1 N–H and O–H groups in total. The molecule has 1 rings (SSSR count). The molecule has 0 unspecified atom stereocenters. The highest BCUT2D eigenvalue weighted by molar-refractivity contribution is 5.06. The largest absolute Gasteiger partial charge is 0.387 e. The minimum atomic E-state index is -0.411. The molecular weight excluding hydrogens is 150 g/mol. The molecule has 0 spiro atoms. The fourth-order valence-corrected chi connectivity index (χ4v) is 1.14. The Labute approximate surface area is 73.3 Å². The fraction of sp³-hybridized carbons (Fsp3) is 0.500. The zero-order valence-electron chi connectivity index (χ0n) is 7.57. The summed E-state index contributed by atoms with van der Waals surface area (Å²) in [5.74, 6) is 0.502. The van der Waals surface area contributed by atoms with Crippen LogP contribution in [-0.4, -0.2) is 10.1 Å². The summed E-state index contributed by atoms with van der Waals surface area (Å²) in [5, 5.41) is 9.63. The third kappa shape index (κ3) is 2.62. The average molecular weight is 165 g/mol. The molecule has 1 aromatic heterocycles. The Kier molecular flexibility index (Phi) is 3.23. The first-order chi connectivity index (χ1) is 5.70. The second-order valence-corrected chi connectivity index (χ2v) is 3.40. The van der Waals surface area contributed by atoms with Crippen LogP contribution < -0.4 is 0 Å². The van der Waals surface area contributed by atoms with Crippen LogP contribution in [0.4, 0.5) is 0 Å². The number of aromatic nitrogens is 1. The molecule has 1 atom stereocenters. The van der Waals surface area contributed by atoms with Crippen molar-refractivity contribution in [3.8, 4) is 0 Å². The van der Waals surface area contributed by atoms with Crippen molar-refractivity contribution in [1.82, 2.24) is 4.98 Å². The number of pyridine rings is 1. The van der Waals surface area contributed by atoms with Crippen molar-refractivity contribution in [2.45, 2.75) is 26.4 Å². The van der Waals surface area contributed by atoms with E-state index in [2.05, 4.69) is 18.8 Å². The van der Waals surface area contributed by atoms with Crippen molar-refractivity contribution in [3.05, 3.63) is 30.1 Å². The van der Waals surface area contributed by atoms with Crippen LogP contribution in [0.1, 0.15) is 32.1 Å². The second-order valence-electron chi connectivity index (χ2n) is 3.40. The molecule has 0 fully saturated rings. The summed E-state index contributed by atoms with van der Waals surface area (Å²) in [7, 11) is 0. The van der Waals surface area contributed by atoms with Crippen LogP contribution in [-0.2, 0) is 0 Å². The Hall–Kier alpha value is -0.890. The van der Waals surface area contributed by atoms with Crippen molar-refractivity contribution >= 4 is 0 Å². The van der Waals surface area contributed by atoms with Gasteiger partial charge in [0.15, 0.2) is 0 Å². The lowest BCUT2D eigenvalue weighted by Crippen LogP contribution is -2.03. The summed E-state index contributed by atoms with van der Waals surface area (Å²) in [5.41, 5.74) is 0.770. The van der Waals surface area contributed by atoms with Gasteiger partial charge in [0.1, 0.15) is 0 Å². The first-order valence-electron chi connectivity index (χ1n) is 4.29. The maximum Gasteiger partial charge on any atom is 0.0962 e. The molecule has 0 amide bonds. The lowest BCUT2D eigenvalue weighted by molar-refractivity contribution is 0.146. The van der Waals surface area contributed by atoms with E-state index in [1.165, 1.54) is 0 Å². The normalized spacial score (nSPS) is 13.3. The van der Waals surface area contributed by atoms with E-state index in [9.17, 15) is 5.11 Å². The molecule has 66 valence electrons. The monoisotopic (exact) mass is 165 g/mol. The molecule has 0 aliphatic carbocycles. The number of rotatable bonds is 3. The maximum absolute atomic E-state index is 9.63. The Bertz CT molecular complexity index is 221. The van der Waals surface area contributed by atoms with Gasteiger partial charge in [-0.3, -0.25) is 4.98 Å². The zero-order valence-corrected chi connectivity index (χ0v) is 7.57. The molecule has 12 heavy (non-hydrogen) atoms. The smallest absolute Gasteiger partial charge is 0.0962 e. The number of hydrogen-bond acceptors (Lipinski definition) is 2. The maximum atomic E-state index is 9.63. The summed E-state index contributed by atoms with van der Waals surface area (Å²) in [6.45, 7) is 4.18. The van der Waals surface area contributed by atoms with Crippen molar-refractivity contribution in [3.63, 3.8) is 0 Å². The van der Waals surface area contributed by atoms with Gasteiger partial charge in [0.05, 0.1) is 11.8 Å². The van der Waals surface area contributed by atoms with Crippen molar-refractivity contribution < 1.29 is 5.11 Å². The molecule has 1 aromatic rings. The predicted octanol–water partition coefficient (Wildman–Crippen LogP) is 2.16. The fourth-order valence-electron chi connectivity index (χ4n) is 1.14. The lowest BCUT2D eigenvalue weighted by atomic mass is 10.0. The van der Waals surface area contributed by atoms with Gasteiger partial charge in [-0.05, 0) is 24.5 Å². The van der Waals surface area contributed by atoms with Crippen molar-refractivity contribution in [2.24, 2.45) is 5.92 Å². The van der Waals surface area contributed by atoms with Crippen LogP contribution in [0.2, 0.25) is 0 Å². The van der Waals surface area contributed by atoms with Crippen molar-refractivity contribution in [1.29, 1.82) is 0 Å². The highest BCUT2D eigenvalue weighted by Crippen LogP contribution is 2.17. The predicted molar refractivity (Wildman–Crippen MR) is 48.7 cm³/mol. The van der Waals surface area contributed by atoms with Crippen molar-refractivity contribution in [2.75, 3.05) is 0 Å². The van der Waals surface area contributed by atoms with E-state index in [1.807, 2.05) is 18.2 Å². The average Bonchev–Trinajstić information content (AvgIpc) is 2.05. The van der Waals surface area contributed by atoms with Gasteiger partial charge < -0.3 is 5.11 Å². The van der Waals surface area contributed by atoms with Crippen LogP contribution in [0, 0.1) is 5.92 Å². The van der Waals surface area contributed by atoms with Crippen LogP contribution in [0.25, 0.3) is 0 Å².